The zero-order valence-electron chi connectivity index (χ0n) is 12.5. The van der Waals surface area contributed by atoms with Crippen LogP contribution in [-0.2, 0) is 22.4 Å². The molecule has 0 saturated carbocycles. The van der Waals surface area contributed by atoms with Gasteiger partial charge in [0.25, 0.3) is 0 Å². The Kier molecular flexibility index (Phi) is 4.62. The largest absolute Gasteiger partial charge is 0.493 e. The first kappa shape index (κ1) is 15.6. The molecule has 1 aliphatic rings. The van der Waals surface area contributed by atoms with Gasteiger partial charge in [-0.15, -0.1) is 11.3 Å². The molecule has 0 bridgehead atoms. The average Bonchev–Trinajstić information content (AvgIpc) is 3.17. The van der Waals surface area contributed by atoms with Gasteiger partial charge in [0.2, 0.25) is 5.91 Å². The molecule has 0 fully saturated rings. The Bertz CT molecular complexity index is 711. The van der Waals surface area contributed by atoms with E-state index in [1.165, 1.54) is 11.3 Å². The summed E-state index contributed by atoms with van der Waals surface area (Å²) in [7, 11) is 0. The fourth-order valence-electron chi connectivity index (χ4n) is 2.67. The maximum Gasteiger partial charge on any atom is 0.305 e. The number of hydrogen-bond acceptors (Lipinski definition) is 4. The van der Waals surface area contributed by atoms with Gasteiger partial charge in [-0.3, -0.25) is 9.59 Å². The van der Waals surface area contributed by atoms with Crippen LogP contribution in [0.4, 0.5) is 0 Å². The van der Waals surface area contributed by atoms with Gasteiger partial charge in [-0.1, -0.05) is 18.2 Å². The van der Waals surface area contributed by atoms with E-state index in [1.54, 1.807) is 0 Å². The van der Waals surface area contributed by atoms with Crippen LogP contribution in [0.3, 0.4) is 0 Å². The summed E-state index contributed by atoms with van der Waals surface area (Å²) in [6.45, 7) is 0.685. The lowest BCUT2D eigenvalue weighted by Crippen LogP contribution is -2.30. The molecular formula is C17H17NO4S. The highest BCUT2D eigenvalue weighted by Gasteiger charge is 2.20. The highest BCUT2D eigenvalue weighted by molar-refractivity contribution is 7.10. The van der Waals surface area contributed by atoms with Crippen LogP contribution in [0.15, 0.2) is 35.7 Å². The molecule has 1 amide bonds. The number of carboxylic acids is 1. The second-order valence-electron chi connectivity index (χ2n) is 5.45. The summed E-state index contributed by atoms with van der Waals surface area (Å²) in [6.07, 6.45) is 0.973. The SMILES string of the molecule is O=C(O)C[C@H](NC(=O)Cc1ccc2c(c1)CCO2)c1cccs1. The van der Waals surface area contributed by atoms with E-state index in [1.807, 2.05) is 35.7 Å². The molecule has 1 atom stereocenters. The van der Waals surface area contributed by atoms with Crippen molar-refractivity contribution in [3.8, 4) is 5.75 Å². The fraction of sp³-hybridized carbons (Fsp3) is 0.294. The summed E-state index contributed by atoms with van der Waals surface area (Å²) in [4.78, 5) is 24.1. The van der Waals surface area contributed by atoms with E-state index in [-0.39, 0.29) is 18.7 Å². The summed E-state index contributed by atoms with van der Waals surface area (Å²) in [5.41, 5.74) is 2.03. The molecule has 3 rings (SSSR count). The first-order chi connectivity index (χ1) is 11.1. The van der Waals surface area contributed by atoms with Crippen molar-refractivity contribution in [1.29, 1.82) is 0 Å². The Labute approximate surface area is 137 Å². The highest BCUT2D eigenvalue weighted by Crippen LogP contribution is 2.26. The van der Waals surface area contributed by atoms with Crippen molar-refractivity contribution in [2.75, 3.05) is 6.61 Å². The third-order valence-corrected chi connectivity index (χ3v) is 4.71. The molecule has 1 aliphatic heterocycles. The molecule has 120 valence electrons. The Morgan fingerprint density at radius 1 is 1.35 bits per heavy atom. The normalized spacial score (nSPS) is 13.9. The van der Waals surface area contributed by atoms with Crippen molar-refractivity contribution >= 4 is 23.2 Å². The molecule has 2 N–H and O–H groups in total. The molecule has 23 heavy (non-hydrogen) atoms. The molecule has 6 heteroatoms. The van der Waals surface area contributed by atoms with Gasteiger partial charge in [0, 0.05) is 11.3 Å². The summed E-state index contributed by atoms with van der Waals surface area (Å²) in [5.74, 6) is -0.224. The highest BCUT2D eigenvalue weighted by atomic mass is 32.1. The van der Waals surface area contributed by atoms with Gasteiger partial charge < -0.3 is 15.2 Å². The minimum absolute atomic E-state index is 0.121. The van der Waals surface area contributed by atoms with Crippen LogP contribution in [-0.4, -0.2) is 23.6 Å². The quantitative estimate of drug-likeness (QED) is 0.853. The van der Waals surface area contributed by atoms with Gasteiger partial charge in [0.05, 0.1) is 25.5 Å². The van der Waals surface area contributed by atoms with Crippen LogP contribution >= 0.6 is 11.3 Å². The van der Waals surface area contributed by atoms with Crippen LogP contribution in [0, 0.1) is 0 Å². The molecule has 0 radical (unpaired) electrons. The number of carboxylic acid groups (broad SMARTS) is 1. The monoisotopic (exact) mass is 331 g/mol. The van der Waals surface area contributed by atoms with Crippen LogP contribution in [0.1, 0.15) is 28.5 Å². The fourth-order valence-corrected chi connectivity index (χ4v) is 3.45. The first-order valence-corrected chi connectivity index (χ1v) is 8.29. The van der Waals surface area contributed by atoms with E-state index in [0.29, 0.717) is 6.61 Å². The predicted molar refractivity (Wildman–Crippen MR) is 86.8 cm³/mol. The van der Waals surface area contributed by atoms with Gasteiger partial charge in [-0.05, 0) is 28.6 Å². The Morgan fingerprint density at radius 2 is 2.22 bits per heavy atom. The molecular weight excluding hydrogens is 314 g/mol. The Balaban J connectivity index is 1.66. The van der Waals surface area contributed by atoms with Crippen LogP contribution in [0.5, 0.6) is 5.75 Å². The third-order valence-electron chi connectivity index (χ3n) is 3.72. The van der Waals surface area contributed by atoms with E-state index in [4.69, 9.17) is 9.84 Å². The van der Waals surface area contributed by atoms with Gasteiger partial charge in [-0.25, -0.2) is 0 Å². The lowest BCUT2D eigenvalue weighted by Gasteiger charge is -2.15. The number of nitrogens with one attached hydrogen (secondary N) is 1. The van der Waals surface area contributed by atoms with E-state index < -0.39 is 12.0 Å². The lowest BCUT2D eigenvalue weighted by molar-refractivity contribution is -0.137. The maximum atomic E-state index is 12.3. The lowest BCUT2D eigenvalue weighted by atomic mass is 10.1. The van der Waals surface area contributed by atoms with Crippen molar-refractivity contribution in [1.82, 2.24) is 5.32 Å². The number of thiophene rings is 1. The number of amides is 1. The van der Waals surface area contributed by atoms with Crippen molar-refractivity contribution in [2.24, 2.45) is 0 Å². The van der Waals surface area contributed by atoms with E-state index in [2.05, 4.69) is 5.32 Å². The summed E-state index contributed by atoms with van der Waals surface area (Å²) in [6, 6.07) is 8.95. The molecule has 0 aliphatic carbocycles. The van der Waals surface area contributed by atoms with Crippen LogP contribution in [0.2, 0.25) is 0 Å². The number of hydrogen-bond donors (Lipinski definition) is 2. The number of ether oxygens (including phenoxy) is 1. The van der Waals surface area contributed by atoms with E-state index in [0.717, 1.165) is 28.2 Å². The molecule has 0 spiro atoms. The molecule has 1 aromatic carbocycles. The molecule has 2 heterocycles. The second-order valence-corrected chi connectivity index (χ2v) is 6.43. The third kappa shape index (κ3) is 3.90. The molecule has 2 aromatic rings. The number of benzene rings is 1. The minimum atomic E-state index is -0.932. The van der Waals surface area contributed by atoms with Gasteiger partial charge in [0.15, 0.2) is 0 Å². The van der Waals surface area contributed by atoms with Crippen molar-refractivity contribution < 1.29 is 19.4 Å². The number of carbonyl (C=O) groups is 2. The molecule has 0 saturated heterocycles. The molecule has 0 unspecified atom stereocenters. The van der Waals surface area contributed by atoms with Crippen molar-refractivity contribution in [2.45, 2.75) is 25.3 Å². The van der Waals surface area contributed by atoms with Gasteiger partial charge >= 0.3 is 5.97 Å². The number of carbonyl (C=O) groups excluding carboxylic acids is 1. The number of aliphatic carboxylic acids is 1. The summed E-state index contributed by atoms with van der Waals surface area (Å²) in [5, 5.41) is 13.7. The second kappa shape index (κ2) is 6.83. The smallest absolute Gasteiger partial charge is 0.305 e. The Hall–Kier alpha value is -2.34. The zero-order valence-corrected chi connectivity index (χ0v) is 13.3. The first-order valence-electron chi connectivity index (χ1n) is 7.41. The molecule has 5 nitrogen and oxygen atoms in total. The number of rotatable bonds is 6. The topological polar surface area (TPSA) is 75.6 Å². The van der Waals surface area contributed by atoms with Crippen LogP contribution in [0.25, 0.3) is 0 Å². The van der Waals surface area contributed by atoms with Crippen molar-refractivity contribution in [3.63, 3.8) is 0 Å². The van der Waals surface area contributed by atoms with Crippen molar-refractivity contribution in [3.05, 3.63) is 51.7 Å². The predicted octanol–water partition coefficient (Wildman–Crippen LogP) is 2.56. The Morgan fingerprint density at radius 3 is 2.96 bits per heavy atom. The summed E-state index contributed by atoms with van der Waals surface area (Å²) >= 11 is 1.44. The van der Waals surface area contributed by atoms with Gasteiger partial charge in [-0.2, -0.15) is 0 Å². The van der Waals surface area contributed by atoms with E-state index in [9.17, 15) is 9.59 Å². The molecule has 1 aromatic heterocycles. The van der Waals surface area contributed by atoms with Crippen LogP contribution < -0.4 is 10.1 Å². The maximum absolute atomic E-state index is 12.3. The summed E-state index contributed by atoms with van der Waals surface area (Å²) < 4.78 is 5.45. The zero-order chi connectivity index (χ0) is 16.2. The van der Waals surface area contributed by atoms with Gasteiger partial charge in [0.1, 0.15) is 5.75 Å². The average molecular weight is 331 g/mol. The van der Waals surface area contributed by atoms with E-state index >= 15 is 0 Å². The number of fused-ring (bicyclic) bond motifs is 1. The minimum Gasteiger partial charge on any atom is -0.493 e. The standard InChI is InChI=1S/C17H17NO4S/c19-16(9-11-3-4-14-12(8-11)5-6-22-14)18-13(10-17(20)21)15-2-1-7-23-15/h1-4,7-8,13H,5-6,9-10H2,(H,18,19)(H,20,21)/t13-/m0/s1.